The van der Waals surface area contributed by atoms with Crippen LogP contribution in [0.4, 0.5) is 0 Å². The summed E-state index contributed by atoms with van der Waals surface area (Å²) in [7, 11) is 0. The number of aliphatic hydroxyl groups excluding tert-OH is 1. The van der Waals surface area contributed by atoms with Crippen LogP contribution in [0.3, 0.4) is 0 Å². The Morgan fingerprint density at radius 2 is 2.00 bits per heavy atom. The minimum Gasteiger partial charge on any atom is -0.460 e. The summed E-state index contributed by atoms with van der Waals surface area (Å²) in [6, 6.07) is 10.5. The third-order valence-corrected chi connectivity index (χ3v) is 3.71. The number of carbonyl (C=O) groups excluding carboxylic acids is 1. The van der Waals surface area contributed by atoms with E-state index in [4.69, 9.17) is 4.74 Å². The molecule has 116 valence electrons. The van der Waals surface area contributed by atoms with Crippen molar-refractivity contribution in [3.63, 3.8) is 0 Å². The van der Waals surface area contributed by atoms with Gasteiger partial charge in [-0.1, -0.05) is 30.3 Å². The van der Waals surface area contributed by atoms with Crippen LogP contribution in [-0.4, -0.2) is 40.3 Å². The van der Waals surface area contributed by atoms with E-state index in [1.807, 2.05) is 39.0 Å². The van der Waals surface area contributed by atoms with E-state index in [9.17, 15) is 9.90 Å². The SMILES string of the molecule is C[C@@H](c1ccccc1)N1C[C@@H]1[C@H](O)CC(=O)OC(C)(C)C. The first kappa shape index (κ1) is 16.0. The van der Waals surface area contributed by atoms with Crippen LogP contribution in [0.25, 0.3) is 0 Å². The Morgan fingerprint density at radius 3 is 2.57 bits per heavy atom. The predicted octanol–water partition coefficient (Wildman–Crippen LogP) is 2.52. The Hall–Kier alpha value is -1.39. The van der Waals surface area contributed by atoms with Crippen molar-refractivity contribution in [3.8, 4) is 0 Å². The van der Waals surface area contributed by atoms with Gasteiger partial charge in [0.1, 0.15) is 5.60 Å². The summed E-state index contributed by atoms with van der Waals surface area (Å²) in [6.45, 7) is 8.43. The van der Waals surface area contributed by atoms with Crippen LogP contribution in [0.15, 0.2) is 30.3 Å². The number of hydrogen-bond acceptors (Lipinski definition) is 4. The summed E-state index contributed by atoms with van der Waals surface area (Å²) in [4.78, 5) is 13.9. The number of esters is 1. The van der Waals surface area contributed by atoms with E-state index in [2.05, 4.69) is 24.0 Å². The van der Waals surface area contributed by atoms with E-state index in [0.717, 1.165) is 6.54 Å². The van der Waals surface area contributed by atoms with E-state index < -0.39 is 11.7 Å². The number of rotatable bonds is 5. The molecule has 21 heavy (non-hydrogen) atoms. The van der Waals surface area contributed by atoms with E-state index >= 15 is 0 Å². The fourth-order valence-corrected chi connectivity index (χ4v) is 2.57. The van der Waals surface area contributed by atoms with Gasteiger partial charge in [0.05, 0.1) is 12.5 Å². The Bertz CT molecular complexity index is 481. The van der Waals surface area contributed by atoms with Gasteiger partial charge in [-0.2, -0.15) is 0 Å². The Kier molecular flexibility index (Phi) is 4.69. The van der Waals surface area contributed by atoms with Gasteiger partial charge in [-0.25, -0.2) is 0 Å². The lowest BCUT2D eigenvalue weighted by atomic mass is 10.1. The number of nitrogens with zero attached hydrogens (tertiary/aromatic N) is 1. The topological polar surface area (TPSA) is 49.5 Å². The molecule has 1 aliphatic heterocycles. The van der Waals surface area contributed by atoms with Gasteiger partial charge in [0.25, 0.3) is 0 Å². The molecule has 1 saturated heterocycles. The molecule has 1 unspecified atom stereocenters. The maximum atomic E-state index is 11.7. The number of benzene rings is 1. The number of hydrogen-bond donors (Lipinski definition) is 1. The van der Waals surface area contributed by atoms with Crippen LogP contribution in [0.1, 0.15) is 45.7 Å². The highest BCUT2D eigenvalue weighted by molar-refractivity contribution is 5.70. The summed E-state index contributed by atoms with van der Waals surface area (Å²) in [5.41, 5.74) is 0.724. The van der Waals surface area contributed by atoms with Crippen LogP contribution in [-0.2, 0) is 9.53 Å². The summed E-state index contributed by atoms with van der Waals surface area (Å²) >= 11 is 0. The average molecular weight is 291 g/mol. The smallest absolute Gasteiger partial charge is 0.308 e. The average Bonchev–Trinajstić information content (AvgIpc) is 3.16. The molecule has 4 atom stereocenters. The van der Waals surface area contributed by atoms with Gasteiger partial charge in [0.15, 0.2) is 0 Å². The molecule has 2 rings (SSSR count). The van der Waals surface area contributed by atoms with Crippen LogP contribution >= 0.6 is 0 Å². The molecular formula is C17H25NO3. The molecule has 0 saturated carbocycles. The second kappa shape index (κ2) is 6.16. The molecule has 1 aromatic carbocycles. The van der Waals surface area contributed by atoms with Crippen molar-refractivity contribution in [2.75, 3.05) is 6.54 Å². The second-order valence-corrected chi connectivity index (χ2v) is 6.71. The minimum absolute atomic E-state index is 0.0488. The number of aliphatic hydroxyl groups is 1. The zero-order valence-electron chi connectivity index (χ0n) is 13.2. The van der Waals surface area contributed by atoms with Gasteiger partial charge < -0.3 is 9.84 Å². The molecule has 1 aliphatic rings. The normalized spacial score (nSPS) is 24.2. The van der Waals surface area contributed by atoms with E-state index in [1.54, 1.807) is 0 Å². The fourth-order valence-electron chi connectivity index (χ4n) is 2.57. The molecule has 4 heteroatoms. The standard InChI is InChI=1S/C17H25NO3/c1-12(13-8-6-5-7-9-13)18-11-14(18)15(19)10-16(20)21-17(2,3)4/h5-9,12,14-15,19H,10-11H2,1-4H3/t12-,14+,15+,18?/m0/s1. The van der Waals surface area contributed by atoms with Gasteiger partial charge in [-0.15, -0.1) is 0 Å². The highest BCUT2D eigenvalue weighted by atomic mass is 16.6. The van der Waals surface area contributed by atoms with Crippen LogP contribution in [0.2, 0.25) is 0 Å². The largest absolute Gasteiger partial charge is 0.460 e. The summed E-state index contributed by atoms with van der Waals surface area (Å²) in [5, 5.41) is 10.2. The Balaban J connectivity index is 1.84. The van der Waals surface area contributed by atoms with Gasteiger partial charge in [-0.05, 0) is 33.3 Å². The van der Waals surface area contributed by atoms with Crippen molar-refractivity contribution in [2.45, 2.75) is 57.9 Å². The van der Waals surface area contributed by atoms with Crippen molar-refractivity contribution in [1.82, 2.24) is 4.90 Å². The molecule has 1 aromatic rings. The fraction of sp³-hybridized carbons (Fsp3) is 0.588. The van der Waals surface area contributed by atoms with Crippen molar-refractivity contribution >= 4 is 5.97 Å². The first-order valence-corrected chi connectivity index (χ1v) is 7.48. The lowest BCUT2D eigenvalue weighted by molar-refractivity contribution is -0.157. The summed E-state index contributed by atoms with van der Waals surface area (Å²) in [5.74, 6) is -0.339. The van der Waals surface area contributed by atoms with Crippen molar-refractivity contribution in [1.29, 1.82) is 0 Å². The van der Waals surface area contributed by atoms with Crippen molar-refractivity contribution in [2.24, 2.45) is 0 Å². The Morgan fingerprint density at radius 1 is 1.38 bits per heavy atom. The predicted molar refractivity (Wildman–Crippen MR) is 81.8 cm³/mol. The molecule has 0 aromatic heterocycles. The van der Waals surface area contributed by atoms with Crippen LogP contribution in [0.5, 0.6) is 0 Å². The molecule has 0 aliphatic carbocycles. The molecule has 1 fully saturated rings. The van der Waals surface area contributed by atoms with Gasteiger partial charge in [0.2, 0.25) is 0 Å². The molecule has 1 heterocycles. The van der Waals surface area contributed by atoms with Crippen molar-refractivity contribution < 1.29 is 14.6 Å². The monoisotopic (exact) mass is 291 g/mol. The lowest BCUT2D eigenvalue weighted by Crippen LogP contribution is -2.29. The summed E-state index contributed by atoms with van der Waals surface area (Å²) < 4.78 is 5.25. The number of carbonyl (C=O) groups is 1. The third-order valence-electron chi connectivity index (χ3n) is 3.71. The maximum absolute atomic E-state index is 11.7. The summed E-state index contributed by atoms with van der Waals surface area (Å²) in [6.07, 6.45) is -0.606. The quantitative estimate of drug-likeness (QED) is 0.669. The highest BCUT2D eigenvalue weighted by Gasteiger charge is 2.44. The van der Waals surface area contributed by atoms with Gasteiger partial charge in [-0.3, -0.25) is 9.69 Å². The molecule has 0 amide bonds. The first-order valence-electron chi connectivity index (χ1n) is 7.48. The zero-order chi connectivity index (χ0) is 15.6. The molecule has 0 spiro atoms. The van der Waals surface area contributed by atoms with Gasteiger partial charge >= 0.3 is 5.97 Å². The first-order chi connectivity index (χ1) is 9.78. The van der Waals surface area contributed by atoms with E-state index in [-0.39, 0.29) is 24.5 Å². The van der Waals surface area contributed by atoms with E-state index in [0.29, 0.717) is 0 Å². The second-order valence-electron chi connectivity index (χ2n) is 6.71. The Labute approximate surface area is 126 Å². The minimum atomic E-state index is -0.661. The maximum Gasteiger partial charge on any atom is 0.308 e. The van der Waals surface area contributed by atoms with Crippen molar-refractivity contribution in [3.05, 3.63) is 35.9 Å². The highest BCUT2D eigenvalue weighted by Crippen LogP contribution is 2.34. The zero-order valence-corrected chi connectivity index (χ0v) is 13.2. The lowest BCUT2D eigenvalue weighted by Gasteiger charge is -2.21. The van der Waals surface area contributed by atoms with Crippen LogP contribution < -0.4 is 0 Å². The number of ether oxygens (including phenoxy) is 1. The molecule has 0 radical (unpaired) electrons. The molecular weight excluding hydrogens is 266 g/mol. The molecule has 0 bridgehead atoms. The molecule has 4 nitrogen and oxygen atoms in total. The van der Waals surface area contributed by atoms with Gasteiger partial charge in [0, 0.05) is 18.6 Å². The third kappa shape index (κ3) is 4.55. The van der Waals surface area contributed by atoms with E-state index in [1.165, 1.54) is 5.56 Å². The molecule has 1 N–H and O–H groups in total. The van der Waals surface area contributed by atoms with Crippen LogP contribution in [0, 0.1) is 0 Å².